The predicted molar refractivity (Wildman–Crippen MR) is 87.4 cm³/mol. The van der Waals surface area contributed by atoms with Gasteiger partial charge in [0, 0.05) is 12.8 Å². The van der Waals surface area contributed by atoms with Gasteiger partial charge in [-0.25, -0.2) is 9.18 Å². The highest BCUT2D eigenvalue weighted by Gasteiger charge is 2.14. The molecule has 0 radical (unpaired) electrons. The smallest absolute Gasteiger partial charge is 0.323 e. The van der Waals surface area contributed by atoms with Gasteiger partial charge in [-0.15, -0.1) is 0 Å². The molecular weight excluding hydrogens is 299 g/mol. The highest BCUT2D eigenvalue weighted by atomic mass is 19.1. The van der Waals surface area contributed by atoms with Gasteiger partial charge in [-0.2, -0.15) is 5.10 Å². The first-order valence-electron chi connectivity index (χ1n) is 7.29. The van der Waals surface area contributed by atoms with Crippen LogP contribution in [0, 0.1) is 26.6 Å². The van der Waals surface area contributed by atoms with E-state index in [4.69, 9.17) is 4.74 Å². The summed E-state index contributed by atoms with van der Waals surface area (Å²) in [5.74, 6) is -0.359. The highest BCUT2D eigenvalue weighted by molar-refractivity contribution is 6.00. The third kappa shape index (κ3) is 4.07. The fourth-order valence-electron chi connectivity index (χ4n) is 2.22. The molecule has 0 aliphatic rings. The number of nitrogens with one attached hydrogen (secondary N) is 2. The molecule has 0 aliphatic heterocycles. The van der Waals surface area contributed by atoms with Gasteiger partial charge >= 0.3 is 6.03 Å². The Labute approximate surface area is 134 Å². The Balaban J connectivity index is 2.07. The van der Waals surface area contributed by atoms with E-state index in [9.17, 15) is 9.18 Å². The Morgan fingerprint density at radius 2 is 2.04 bits per heavy atom. The molecule has 2 rings (SSSR count). The van der Waals surface area contributed by atoms with Crippen molar-refractivity contribution in [2.45, 2.75) is 27.3 Å². The van der Waals surface area contributed by atoms with Crippen LogP contribution in [-0.2, 0) is 11.3 Å². The van der Waals surface area contributed by atoms with E-state index in [0.717, 1.165) is 5.69 Å². The van der Waals surface area contributed by atoms with Crippen LogP contribution >= 0.6 is 0 Å². The Hall–Kier alpha value is -2.41. The number of benzene rings is 1. The van der Waals surface area contributed by atoms with Crippen LogP contribution in [0.3, 0.4) is 0 Å². The number of methoxy groups -OCH3 is 1. The van der Waals surface area contributed by atoms with Crippen molar-refractivity contribution in [1.82, 2.24) is 9.78 Å². The Morgan fingerprint density at radius 3 is 2.70 bits per heavy atom. The minimum absolute atomic E-state index is 0.359. The Kier molecular flexibility index (Phi) is 5.33. The molecule has 0 bridgehead atoms. The lowest BCUT2D eigenvalue weighted by atomic mass is 10.2. The molecule has 2 N–H and O–H groups in total. The number of amides is 2. The summed E-state index contributed by atoms with van der Waals surface area (Å²) in [5.41, 5.74) is 3.12. The van der Waals surface area contributed by atoms with Crippen molar-refractivity contribution in [3.05, 3.63) is 41.0 Å². The first kappa shape index (κ1) is 17.0. The minimum atomic E-state index is -0.439. The average molecular weight is 320 g/mol. The van der Waals surface area contributed by atoms with Crippen molar-refractivity contribution in [2.24, 2.45) is 0 Å². The van der Waals surface area contributed by atoms with Gasteiger partial charge in [-0.05, 0) is 38.5 Å². The third-order valence-electron chi connectivity index (χ3n) is 3.56. The molecule has 1 aromatic carbocycles. The fraction of sp³-hybridized carbons (Fsp3) is 0.375. The molecule has 0 atom stereocenters. The molecule has 2 aromatic rings. The molecule has 6 nitrogen and oxygen atoms in total. The number of urea groups is 1. The van der Waals surface area contributed by atoms with Gasteiger partial charge in [0.05, 0.1) is 30.2 Å². The number of hydrogen-bond donors (Lipinski definition) is 2. The second-order valence-electron chi connectivity index (χ2n) is 5.30. The lowest BCUT2D eigenvalue weighted by molar-refractivity contribution is 0.182. The Morgan fingerprint density at radius 1 is 1.30 bits per heavy atom. The van der Waals surface area contributed by atoms with Crippen molar-refractivity contribution in [1.29, 1.82) is 0 Å². The number of ether oxygens (including phenoxy) is 1. The van der Waals surface area contributed by atoms with Crippen LogP contribution in [-0.4, -0.2) is 29.5 Å². The zero-order chi connectivity index (χ0) is 17.0. The molecule has 0 saturated heterocycles. The van der Waals surface area contributed by atoms with E-state index in [1.807, 2.05) is 13.8 Å². The molecule has 124 valence electrons. The minimum Gasteiger partial charge on any atom is -0.383 e. The number of carbonyl (C=O) groups is 1. The topological polar surface area (TPSA) is 68.2 Å². The van der Waals surface area contributed by atoms with E-state index in [1.54, 1.807) is 30.8 Å². The molecule has 1 heterocycles. The molecule has 23 heavy (non-hydrogen) atoms. The van der Waals surface area contributed by atoms with Gasteiger partial charge in [0.25, 0.3) is 0 Å². The predicted octanol–water partition coefficient (Wildman–Crippen LogP) is 3.24. The van der Waals surface area contributed by atoms with E-state index in [1.165, 1.54) is 6.07 Å². The van der Waals surface area contributed by atoms with Crippen molar-refractivity contribution < 1.29 is 13.9 Å². The standard InChI is InChI=1S/C16H21FN4O2/c1-10-5-6-13(9-14(10)17)18-16(22)19-15-11(2)20-21(12(15)3)7-8-23-4/h5-6,9H,7-8H2,1-4H3,(H2,18,19,22). The van der Waals surface area contributed by atoms with Crippen LogP contribution in [0.15, 0.2) is 18.2 Å². The number of anilines is 2. The molecule has 0 saturated carbocycles. The van der Waals surface area contributed by atoms with Gasteiger partial charge < -0.3 is 15.4 Å². The van der Waals surface area contributed by atoms with E-state index in [-0.39, 0.29) is 5.82 Å². The maximum Gasteiger partial charge on any atom is 0.323 e. The Bertz CT molecular complexity index is 712. The zero-order valence-electron chi connectivity index (χ0n) is 13.7. The van der Waals surface area contributed by atoms with Crippen LogP contribution in [0.2, 0.25) is 0 Å². The summed E-state index contributed by atoms with van der Waals surface area (Å²) >= 11 is 0. The van der Waals surface area contributed by atoms with Crippen LogP contribution in [0.4, 0.5) is 20.6 Å². The molecule has 0 unspecified atom stereocenters. The first-order chi connectivity index (χ1) is 10.9. The number of carbonyl (C=O) groups excluding carboxylic acids is 1. The third-order valence-corrected chi connectivity index (χ3v) is 3.56. The summed E-state index contributed by atoms with van der Waals surface area (Å²) in [4.78, 5) is 12.1. The molecular formula is C16H21FN4O2. The van der Waals surface area contributed by atoms with Crippen molar-refractivity contribution in [3.8, 4) is 0 Å². The number of aryl methyl sites for hydroxylation is 2. The number of rotatable bonds is 5. The molecule has 0 fully saturated rings. The van der Waals surface area contributed by atoms with Gasteiger partial charge in [0.1, 0.15) is 5.82 Å². The van der Waals surface area contributed by atoms with Gasteiger partial charge in [-0.1, -0.05) is 6.07 Å². The second kappa shape index (κ2) is 7.23. The molecule has 0 aliphatic carbocycles. The molecule has 7 heteroatoms. The van der Waals surface area contributed by atoms with Gasteiger partial charge in [0.2, 0.25) is 0 Å². The maximum atomic E-state index is 13.5. The number of nitrogens with zero attached hydrogens (tertiary/aromatic N) is 2. The SMILES string of the molecule is COCCn1nc(C)c(NC(=O)Nc2ccc(C)c(F)c2)c1C. The number of aromatic nitrogens is 2. The van der Waals surface area contributed by atoms with Crippen LogP contribution in [0.5, 0.6) is 0 Å². The quantitative estimate of drug-likeness (QED) is 0.888. The zero-order valence-corrected chi connectivity index (χ0v) is 13.7. The average Bonchev–Trinajstić information content (AvgIpc) is 2.76. The van der Waals surface area contributed by atoms with E-state index >= 15 is 0 Å². The molecule has 0 spiro atoms. The number of hydrogen-bond acceptors (Lipinski definition) is 3. The van der Waals surface area contributed by atoms with Gasteiger partial charge in [0.15, 0.2) is 0 Å². The first-order valence-corrected chi connectivity index (χ1v) is 7.29. The normalized spacial score (nSPS) is 10.7. The summed E-state index contributed by atoms with van der Waals surface area (Å²) < 4.78 is 20.3. The van der Waals surface area contributed by atoms with Gasteiger partial charge in [-0.3, -0.25) is 4.68 Å². The lowest BCUT2D eigenvalue weighted by Gasteiger charge is -2.09. The number of halogens is 1. The molecule has 2 amide bonds. The monoisotopic (exact) mass is 320 g/mol. The molecule has 1 aromatic heterocycles. The van der Waals surface area contributed by atoms with E-state index in [0.29, 0.717) is 35.8 Å². The summed E-state index contributed by atoms with van der Waals surface area (Å²) in [6, 6.07) is 4.12. The maximum absolute atomic E-state index is 13.5. The van der Waals surface area contributed by atoms with E-state index in [2.05, 4.69) is 15.7 Å². The van der Waals surface area contributed by atoms with Crippen LogP contribution in [0.1, 0.15) is 17.0 Å². The summed E-state index contributed by atoms with van der Waals surface area (Å²) in [6.07, 6.45) is 0. The second-order valence-corrected chi connectivity index (χ2v) is 5.30. The van der Waals surface area contributed by atoms with E-state index < -0.39 is 6.03 Å². The fourth-order valence-corrected chi connectivity index (χ4v) is 2.22. The summed E-state index contributed by atoms with van der Waals surface area (Å²) in [6.45, 7) is 6.50. The van der Waals surface area contributed by atoms with Crippen molar-refractivity contribution in [3.63, 3.8) is 0 Å². The van der Waals surface area contributed by atoms with Crippen LogP contribution in [0.25, 0.3) is 0 Å². The van der Waals surface area contributed by atoms with Crippen molar-refractivity contribution >= 4 is 17.4 Å². The summed E-state index contributed by atoms with van der Waals surface area (Å²) in [7, 11) is 1.62. The summed E-state index contributed by atoms with van der Waals surface area (Å²) in [5, 5.41) is 9.74. The lowest BCUT2D eigenvalue weighted by Crippen LogP contribution is -2.20. The van der Waals surface area contributed by atoms with Crippen molar-refractivity contribution in [2.75, 3.05) is 24.4 Å². The largest absolute Gasteiger partial charge is 0.383 e. The van der Waals surface area contributed by atoms with Crippen LogP contribution < -0.4 is 10.6 Å². The highest BCUT2D eigenvalue weighted by Crippen LogP contribution is 2.20.